The number of methoxy groups -OCH3 is 1. The van der Waals surface area contributed by atoms with Gasteiger partial charge in [0.05, 0.1) is 12.6 Å². The standard InChI is InChI=1S/C19H35N3O4/c1-5-19(6-2)15(12-16(19)26-4)20-18(25)22-10-8-14(9-11-22)21(7-3)13-17(23)24/h14-16H,5-13H2,1-4H3,(H,20,25)(H,23,24). The number of likely N-dealkylation sites (N-methyl/N-ethyl adjacent to an activating group) is 1. The molecular weight excluding hydrogens is 334 g/mol. The van der Waals surface area contributed by atoms with Crippen LogP contribution >= 0.6 is 0 Å². The first kappa shape index (κ1) is 21.0. The van der Waals surface area contributed by atoms with Gasteiger partial charge in [-0.3, -0.25) is 9.69 Å². The Balaban J connectivity index is 1.86. The van der Waals surface area contributed by atoms with Gasteiger partial charge >= 0.3 is 12.0 Å². The molecule has 0 bridgehead atoms. The summed E-state index contributed by atoms with van der Waals surface area (Å²) in [6.07, 6.45) is 4.75. The quantitative estimate of drug-likeness (QED) is 0.685. The first-order valence-corrected chi connectivity index (χ1v) is 9.95. The highest BCUT2D eigenvalue weighted by Gasteiger charge is 2.53. The Morgan fingerprint density at radius 1 is 1.23 bits per heavy atom. The van der Waals surface area contributed by atoms with Crippen LogP contribution in [0, 0.1) is 5.41 Å². The van der Waals surface area contributed by atoms with Gasteiger partial charge in [-0.2, -0.15) is 0 Å². The van der Waals surface area contributed by atoms with E-state index in [2.05, 4.69) is 19.2 Å². The minimum absolute atomic E-state index is 0.00978. The molecule has 0 radical (unpaired) electrons. The summed E-state index contributed by atoms with van der Waals surface area (Å²) in [6, 6.07) is 0.425. The van der Waals surface area contributed by atoms with Crippen LogP contribution in [0.2, 0.25) is 0 Å². The molecule has 2 atom stereocenters. The Morgan fingerprint density at radius 3 is 2.31 bits per heavy atom. The maximum absolute atomic E-state index is 12.7. The molecule has 1 saturated carbocycles. The number of carboxylic acids is 1. The Kier molecular flexibility index (Phi) is 7.29. The second-order valence-electron chi connectivity index (χ2n) is 7.58. The second kappa shape index (κ2) is 9.04. The molecule has 2 fully saturated rings. The van der Waals surface area contributed by atoms with Gasteiger partial charge in [-0.05, 0) is 38.6 Å². The molecule has 0 aromatic rings. The summed E-state index contributed by atoms with van der Waals surface area (Å²) in [5.74, 6) is -0.792. The van der Waals surface area contributed by atoms with Crippen molar-refractivity contribution in [3.05, 3.63) is 0 Å². The van der Waals surface area contributed by atoms with E-state index in [4.69, 9.17) is 9.84 Å². The van der Waals surface area contributed by atoms with Crippen molar-refractivity contribution in [2.75, 3.05) is 33.3 Å². The number of piperidine rings is 1. The number of rotatable bonds is 8. The van der Waals surface area contributed by atoms with Crippen molar-refractivity contribution >= 4 is 12.0 Å². The Labute approximate surface area is 157 Å². The number of nitrogens with zero attached hydrogens (tertiary/aromatic N) is 2. The van der Waals surface area contributed by atoms with E-state index in [1.807, 2.05) is 16.7 Å². The molecule has 2 unspecified atom stereocenters. The van der Waals surface area contributed by atoms with Crippen molar-refractivity contribution in [2.24, 2.45) is 5.41 Å². The lowest BCUT2D eigenvalue weighted by Crippen LogP contribution is -2.65. The first-order chi connectivity index (χ1) is 12.4. The normalized spacial score (nSPS) is 25.8. The van der Waals surface area contributed by atoms with E-state index in [1.54, 1.807) is 7.11 Å². The van der Waals surface area contributed by atoms with E-state index in [0.29, 0.717) is 13.1 Å². The molecular formula is C19H35N3O4. The number of carbonyl (C=O) groups is 2. The van der Waals surface area contributed by atoms with Gasteiger partial charge in [0.1, 0.15) is 0 Å². The zero-order chi connectivity index (χ0) is 19.3. The third-order valence-electron chi connectivity index (χ3n) is 6.70. The highest BCUT2D eigenvalue weighted by molar-refractivity contribution is 5.75. The number of aliphatic carboxylic acids is 1. The topological polar surface area (TPSA) is 82.1 Å². The minimum Gasteiger partial charge on any atom is -0.480 e. The number of urea groups is 1. The zero-order valence-electron chi connectivity index (χ0n) is 16.7. The monoisotopic (exact) mass is 369 g/mol. The van der Waals surface area contributed by atoms with E-state index < -0.39 is 5.97 Å². The summed E-state index contributed by atoms with van der Waals surface area (Å²) in [5, 5.41) is 12.3. The average molecular weight is 370 g/mol. The average Bonchev–Trinajstić information content (AvgIpc) is 2.63. The van der Waals surface area contributed by atoms with Crippen LogP contribution in [0.15, 0.2) is 0 Å². The fourth-order valence-electron chi connectivity index (χ4n) is 4.83. The number of nitrogens with one attached hydrogen (secondary N) is 1. The number of ether oxygens (including phenoxy) is 1. The number of carbonyl (C=O) groups excluding carboxylic acids is 1. The molecule has 1 saturated heterocycles. The summed E-state index contributed by atoms with van der Waals surface area (Å²) < 4.78 is 5.61. The largest absolute Gasteiger partial charge is 0.480 e. The third-order valence-corrected chi connectivity index (χ3v) is 6.70. The van der Waals surface area contributed by atoms with Gasteiger partial charge in [0.25, 0.3) is 0 Å². The molecule has 2 amide bonds. The smallest absolute Gasteiger partial charge is 0.317 e. The Morgan fingerprint density at radius 2 is 1.85 bits per heavy atom. The number of carboxylic acid groups (broad SMARTS) is 1. The fourth-order valence-corrected chi connectivity index (χ4v) is 4.83. The van der Waals surface area contributed by atoms with Crippen molar-refractivity contribution in [3.63, 3.8) is 0 Å². The molecule has 26 heavy (non-hydrogen) atoms. The third kappa shape index (κ3) is 4.14. The van der Waals surface area contributed by atoms with Crippen molar-refractivity contribution in [1.29, 1.82) is 0 Å². The molecule has 1 aliphatic carbocycles. The summed E-state index contributed by atoms with van der Waals surface area (Å²) in [4.78, 5) is 27.6. The van der Waals surface area contributed by atoms with Crippen LogP contribution in [0.4, 0.5) is 4.79 Å². The highest BCUT2D eigenvalue weighted by Crippen LogP contribution is 2.48. The molecule has 0 spiro atoms. The highest BCUT2D eigenvalue weighted by atomic mass is 16.5. The van der Waals surface area contributed by atoms with Crippen LogP contribution in [0.1, 0.15) is 52.9 Å². The van der Waals surface area contributed by atoms with Crippen LogP contribution in [0.25, 0.3) is 0 Å². The molecule has 0 aromatic heterocycles. The zero-order valence-corrected chi connectivity index (χ0v) is 16.7. The van der Waals surface area contributed by atoms with Gasteiger partial charge in [-0.15, -0.1) is 0 Å². The van der Waals surface area contributed by atoms with Crippen molar-refractivity contribution in [2.45, 2.75) is 71.1 Å². The molecule has 7 heteroatoms. The van der Waals surface area contributed by atoms with E-state index in [-0.39, 0.29) is 36.2 Å². The van der Waals surface area contributed by atoms with Crippen molar-refractivity contribution in [1.82, 2.24) is 15.1 Å². The Bertz CT molecular complexity index is 487. The Hall–Kier alpha value is -1.34. The van der Waals surface area contributed by atoms with Crippen LogP contribution in [0.3, 0.4) is 0 Å². The minimum atomic E-state index is -0.792. The molecule has 2 rings (SSSR count). The van der Waals surface area contributed by atoms with Gasteiger partial charge in [-0.25, -0.2) is 4.79 Å². The van der Waals surface area contributed by atoms with Crippen LogP contribution in [0.5, 0.6) is 0 Å². The predicted octanol–water partition coefficient (Wildman–Crippen LogP) is 2.16. The van der Waals surface area contributed by atoms with Gasteiger partial charge in [0.15, 0.2) is 0 Å². The van der Waals surface area contributed by atoms with Crippen LogP contribution < -0.4 is 5.32 Å². The summed E-state index contributed by atoms with van der Waals surface area (Å²) in [6.45, 7) is 8.47. The van der Waals surface area contributed by atoms with E-state index in [1.165, 1.54) is 0 Å². The molecule has 0 aromatic carbocycles. The number of likely N-dealkylation sites (tertiary alicyclic amines) is 1. The number of amides is 2. The van der Waals surface area contributed by atoms with E-state index in [0.717, 1.165) is 38.6 Å². The maximum atomic E-state index is 12.7. The molecule has 2 aliphatic rings. The predicted molar refractivity (Wildman–Crippen MR) is 100 cm³/mol. The molecule has 2 N–H and O–H groups in total. The van der Waals surface area contributed by atoms with Crippen molar-refractivity contribution in [3.8, 4) is 0 Å². The first-order valence-electron chi connectivity index (χ1n) is 9.95. The molecule has 1 heterocycles. The fraction of sp³-hybridized carbons (Fsp3) is 0.895. The summed E-state index contributed by atoms with van der Waals surface area (Å²) >= 11 is 0. The van der Waals surface area contributed by atoms with Gasteiger partial charge in [0, 0.05) is 37.7 Å². The lowest BCUT2D eigenvalue weighted by Gasteiger charge is -2.55. The number of hydrogen-bond acceptors (Lipinski definition) is 4. The molecule has 7 nitrogen and oxygen atoms in total. The van der Waals surface area contributed by atoms with Crippen LogP contribution in [-0.4, -0.2) is 78.4 Å². The second-order valence-corrected chi connectivity index (χ2v) is 7.58. The van der Waals surface area contributed by atoms with E-state index >= 15 is 0 Å². The summed E-state index contributed by atoms with van der Waals surface area (Å²) in [7, 11) is 1.75. The van der Waals surface area contributed by atoms with Crippen LogP contribution in [-0.2, 0) is 9.53 Å². The van der Waals surface area contributed by atoms with E-state index in [9.17, 15) is 9.59 Å². The lowest BCUT2D eigenvalue weighted by molar-refractivity contribution is -0.139. The molecule has 1 aliphatic heterocycles. The van der Waals surface area contributed by atoms with Gasteiger partial charge in [-0.1, -0.05) is 20.8 Å². The van der Waals surface area contributed by atoms with Gasteiger partial charge < -0.3 is 20.1 Å². The summed E-state index contributed by atoms with van der Waals surface area (Å²) in [5.41, 5.74) is 0.0449. The lowest BCUT2D eigenvalue weighted by atomic mass is 9.58. The number of hydrogen-bond donors (Lipinski definition) is 2. The SMILES string of the molecule is CCN(CC(=O)O)C1CCN(C(=O)NC2CC(OC)C2(CC)CC)CC1. The van der Waals surface area contributed by atoms with Crippen molar-refractivity contribution < 1.29 is 19.4 Å². The van der Waals surface area contributed by atoms with Gasteiger partial charge in [0.2, 0.25) is 0 Å². The molecule has 150 valence electrons. The maximum Gasteiger partial charge on any atom is 0.317 e.